The van der Waals surface area contributed by atoms with Crippen molar-refractivity contribution in [1.82, 2.24) is 4.90 Å². The van der Waals surface area contributed by atoms with Crippen molar-refractivity contribution in [3.8, 4) is 5.75 Å². The minimum atomic E-state index is -0.505. The molecule has 2 amide bonds. The van der Waals surface area contributed by atoms with Gasteiger partial charge < -0.3 is 19.9 Å². The highest BCUT2D eigenvalue weighted by Crippen LogP contribution is 2.36. The van der Waals surface area contributed by atoms with Crippen LogP contribution < -0.4 is 15.0 Å². The Morgan fingerprint density at radius 3 is 2.58 bits per heavy atom. The molecule has 0 spiro atoms. The highest BCUT2D eigenvalue weighted by molar-refractivity contribution is 6.01. The number of nitrogens with zero attached hydrogens (tertiary/aromatic N) is 2. The van der Waals surface area contributed by atoms with Gasteiger partial charge in [-0.25, -0.2) is 0 Å². The van der Waals surface area contributed by atoms with E-state index in [1.165, 1.54) is 0 Å². The quantitative estimate of drug-likeness (QED) is 0.919. The summed E-state index contributed by atoms with van der Waals surface area (Å²) in [5.74, 6) is 0.525. The van der Waals surface area contributed by atoms with Crippen LogP contribution in [-0.2, 0) is 9.59 Å². The summed E-state index contributed by atoms with van der Waals surface area (Å²) in [6.07, 6.45) is -0.505. The van der Waals surface area contributed by atoms with Crippen molar-refractivity contribution >= 4 is 23.2 Å². The number of benzene rings is 1. The zero-order valence-electron chi connectivity index (χ0n) is 15.3. The van der Waals surface area contributed by atoms with Crippen LogP contribution in [0.3, 0.4) is 0 Å². The van der Waals surface area contributed by atoms with Gasteiger partial charge in [0.1, 0.15) is 5.75 Å². The minimum absolute atomic E-state index is 0.0661. The zero-order valence-corrected chi connectivity index (χ0v) is 15.3. The predicted octanol–water partition coefficient (Wildman–Crippen LogP) is 2.35. The lowest BCUT2D eigenvalue weighted by molar-refractivity contribution is -0.125. The number of nitrogens with one attached hydrogen (secondary N) is 1. The smallest absolute Gasteiger partial charge is 0.267 e. The average molecular weight is 333 g/mol. The first kappa shape index (κ1) is 18.3. The molecule has 1 aliphatic rings. The van der Waals surface area contributed by atoms with E-state index in [-0.39, 0.29) is 11.8 Å². The SMILES string of the molecule is CC1Oc2ccc(NC(=O)C(C)(C)C)cc2N(CCN(C)C)C1=O. The second-order valence-corrected chi connectivity index (χ2v) is 7.44. The molecule has 1 aromatic carbocycles. The lowest BCUT2D eigenvalue weighted by Gasteiger charge is -2.34. The number of carbonyl (C=O) groups excluding carboxylic acids is 2. The molecule has 0 aliphatic carbocycles. The Balaban J connectivity index is 2.30. The van der Waals surface area contributed by atoms with E-state index < -0.39 is 11.5 Å². The molecule has 1 heterocycles. The van der Waals surface area contributed by atoms with Gasteiger partial charge in [0.15, 0.2) is 6.10 Å². The molecule has 1 N–H and O–H groups in total. The molecule has 132 valence electrons. The Bertz CT molecular complexity index is 635. The number of amides is 2. The molecule has 2 rings (SSSR count). The Labute approximate surface area is 143 Å². The monoisotopic (exact) mass is 333 g/mol. The first-order valence-corrected chi connectivity index (χ1v) is 8.18. The molecule has 1 aromatic rings. The first-order chi connectivity index (χ1) is 11.1. The number of likely N-dealkylation sites (N-methyl/N-ethyl adjacent to an activating group) is 1. The number of hydrogen-bond acceptors (Lipinski definition) is 4. The molecule has 24 heavy (non-hydrogen) atoms. The van der Waals surface area contributed by atoms with Crippen molar-refractivity contribution in [2.75, 3.05) is 37.4 Å². The maximum atomic E-state index is 12.5. The number of anilines is 2. The molecule has 0 radical (unpaired) electrons. The predicted molar refractivity (Wildman–Crippen MR) is 95.5 cm³/mol. The number of ether oxygens (including phenoxy) is 1. The molecule has 1 atom stereocenters. The summed E-state index contributed by atoms with van der Waals surface area (Å²) in [6, 6.07) is 5.41. The molecule has 6 heteroatoms. The Morgan fingerprint density at radius 1 is 1.33 bits per heavy atom. The summed E-state index contributed by atoms with van der Waals surface area (Å²) < 4.78 is 5.69. The topological polar surface area (TPSA) is 61.9 Å². The molecule has 0 bridgehead atoms. The molecule has 0 aromatic heterocycles. The van der Waals surface area contributed by atoms with Crippen LogP contribution in [0.5, 0.6) is 5.75 Å². The van der Waals surface area contributed by atoms with Gasteiger partial charge in [0.05, 0.1) is 5.69 Å². The largest absolute Gasteiger partial charge is 0.479 e. The normalized spacial score (nSPS) is 17.5. The van der Waals surface area contributed by atoms with Crippen molar-refractivity contribution in [1.29, 1.82) is 0 Å². The summed E-state index contributed by atoms with van der Waals surface area (Å²) >= 11 is 0. The summed E-state index contributed by atoms with van der Waals surface area (Å²) in [7, 11) is 3.93. The molecular weight excluding hydrogens is 306 g/mol. The highest BCUT2D eigenvalue weighted by Gasteiger charge is 2.32. The second kappa shape index (κ2) is 6.81. The van der Waals surface area contributed by atoms with Crippen LogP contribution in [0.2, 0.25) is 0 Å². The molecule has 6 nitrogen and oxygen atoms in total. The third-order valence-electron chi connectivity index (χ3n) is 3.88. The van der Waals surface area contributed by atoms with Crippen molar-refractivity contribution in [2.45, 2.75) is 33.8 Å². The molecule has 1 aliphatic heterocycles. The van der Waals surface area contributed by atoms with Gasteiger partial charge in [0.2, 0.25) is 5.91 Å². The molecule has 1 unspecified atom stereocenters. The van der Waals surface area contributed by atoms with Crippen LogP contribution >= 0.6 is 0 Å². The van der Waals surface area contributed by atoms with Gasteiger partial charge in [-0.3, -0.25) is 9.59 Å². The highest BCUT2D eigenvalue weighted by atomic mass is 16.5. The van der Waals surface area contributed by atoms with Gasteiger partial charge in [-0.05, 0) is 39.2 Å². The summed E-state index contributed by atoms with van der Waals surface area (Å²) in [4.78, 5) is 28.4. The number of carbonyl (C=O) groups is 2. The van der Waals surface area contributed by atoms with E-state index in [1.807, 2.05) is 39.8 Å². The number of hydrogen-bond donors (Lipinski definition) is 1. The number of rotatable bonds is 4. The third kappa shape index (κ3) is 4.06. The van der Waals surface area contributed by atoms with E-state index in [4.69, 9.17) is 4.74 Å². The molecule has 0 saturated carbocycles. The van der Waals surface area contributed by atoms with Gasteiger partial charge in [0.25, 0.3) is 5.91 Å². The van der Waals surface area contributed by atoms with E-state index >= 15 is 0 Å². The minimum Gasteiger partial charge on any atom is -0.479 e. The van der Waals surface area contributed by atoms with Gasteiger partial charge in [-0.2, -0.15) is 0 Å². The second-order valence-electron chi connectivity index (χ2n) is 7.44. The van der Waals surface area contributed by atoms with E-state index in [9.17, 15) is 9.59 Å². The molecule has 0 fully saturated rings. The number of fused-ring (bicyclic) bond motifs is 1. The van der Waals surface area contributed by atoms with E-state index in [0.29, 0.717) is 23.7 Å². The van der Waals surface area contributed by atoms with Crippen LogP contribution in [0, 0.1) is 5.41 Å². The zero-order chi connectivity index (χ0) is 18.1. The van der Waals surface area contributed by atoms with Gasteiger partial charge >= 0.3 is 0 Å². The van der Waals surface area contributed by atoms with Gasteiger partial charge in [-0.15, -0.1) is 0 Å². The fraction of sp³-hybridized carbons (Fsp3) is 0.556. The van der Waals surface area contributed by atoms with Crippen LogP contribution in [0.1, 0.15) is 27.7 Å². The van der Waals surface area contributed by atoms with Crippen molar-refractivity contribution in [3.05, 3.63) is 18.2 Å². The van der Waals surface area contributed by atoms with Crippen LogP contribution in [0.15, 0.2) is 18.2 Å². The Kier molecular flexibility index (Phi) is 5.18. The van der Waals surface area contributed by atoms with Gasteiger partial charge in [0, 0.05) is 24.2 Å². The maximum Gasteiger partial charge on any atom is 0.267 e. The summed E-state index contributed by atoms with van der Waals surface area (Å²) in [5, 5.41) is 2.90. The molecular formula is C18H27N3O3. The van der Waals surface area contributed by atoms with Crippen molar-refractivity contribution in [3.63, 3.8) is 0 Å². The Morgan fingerprint density at radius 2 is 2.00 bits per heavy atom. The first-order valence-electron chi connectivity index (χ1n) is 8.18. The lowest BCUT2D eigenvalue weighted by Crippen LogP contribution is -2.46. The van der Waals surface area contributed by atoms with Crippen molar-refractivity contribution < 1.29 is 14.3 Å². The molecule has 0 saturated heterocycles. The van der Waals surface area contributed by atoms with Gasteiger partial charge in [-0.1, -0.05) is 20.8 Å². The average Bonchev–Trinajstić information content (AvgIpc) is 2.47. The van der Waals surface area contributed by atoms with Crippen molar-refractivity contribution in [2.24, 2.45) is 5.41 Å². The summed E-state index contributed by atoms with van der Waals surface area (Å²) in [5.41, 5.74) is 0.877. The maximum absolute atomic E-state index is 12.5. The third-order valence-corrected chi connectivity index (χ3v) is 3.88. The fourth-order valence-corrected chi connectivity index (χ4v) is 2.33. The summed E-state index contributed by atoms with van der Waals surface area (Å²) in [6.45, 7) is 8.65. The van der Waals surface area contributed by atoms with E-state index in [1.54, 1.807) is 30.0 Å². The van der Waals surface area contributed by atoms with Crippen LogP contribution in [-0.4, -0.2) is 50.0 Å². The fourth-order valence-electron chi connectivity index (χ4n) is 2.33. The standard InChI is InChI=1S/C18H27N3O3/c1-12-16(22)21(10-9-20(5)6)14-11-13(7-8-15(14)24-12)19-17(23)18(2,3)4/h7-8,11-12H,9-10H2,1-6H3,(H,19,23). The Hall–Kier alpha value is -2.08. The van der Waals surface area contributed by atoms with Crippen LogP contribution in [0.4, 0.5) is 11.4 Å². The van der Waals surface area contributed by atoms with E-state index in [2.05, 4.69) is 5.32 Å². The van der Waals surface area contributed by atoms with E-state index in [0.717, 1.165) is 6.54 Å². The van der Waals surface area contributed by atoms with Crippen LogP contribution in [0.25, 0.3) is 0 Å². The lowest BCUT2D eigenvalue weighted by atomic mass is 9.95.